The minimum atomic E-state index is -1.43. The van der Waals surface area contributed by atoms with E-state index in [1.165, 1.54) is 7.11 Å². The molecule has 17 heavy (non-hydrogen) atoms. The van der Waals surface area contributed by atoms with Gasteiger partial charge in [-0.1, -0.05) is 6.92 Å². The largest absolute Gasteiger partial charge is 0.469 e. The first-order valence-corrected chi connectivity index (χ1v) is 9.41. The van der Waals surface area contributed by atoms with Gasteiger partial charge in [0.1, 0.15) is 0 Å². The van der Waals surface area contributed by atoms with Gasteiger partial charge in [-0.15, -0.1) is 0 Å². The van der Waals surface area contributed by atoms with Crippen molar-refractivity contribution in [3.63, 3.8) is 0 Å². The molecule has 0 aromatic heterocycles. The summed E-state index contributed by atoms with van der Waals surface area (Å²) in [6.07, 6.45) is 1.62. The van der Waals surface area contributed by atoms with E-state index >= 15 is 0 Å². The summed E-state index contributed by atoms with van der Waals surface area (Å²) in [6.45, 7) is 9.39. The molecule has 0 atom stereocenters. The Hall–Kier alpha value is -0.393. The van der Waals surface area contributed by atoms with Crippen molar-refractivity contribution in [3.05, 3.63) is 0 Å². The molecule has 0 unspecified atom stereocenters. The first kappa shape index (κ1) is 16.6. The lowest BCUT2D eigenvalue weighted by atomic mass is 10.3. The van der Waals surface area contributed by atoms with Crippen LogP contribution < -0.4 is 0 Å². The van der Waals surface area contributed by atoms with E-state index in [-0.39, 0.29) is 5.97 Å². The average molecular weight is 261 g/mol. The zero-order valence-corrected chi connectivity index (χ0v) is 12.9. The van der Waals surface area contributed by atoms with E-state index in [0.717, 1.165) is 32.1 Å². The van der Waals surface area contributed by atoms with Crippen molar-refractivity contribution in [2.24, 2.45) is 0 Å². The van der Waals surface area contributed by atoms with Crippen LogP contribution >= 0.6 is 0 Å². The van der Waals surface area contributed by atoms with Crippen LogP contribution in [0.3, 0.4) is 0 Å². The van der Waals surface area contributed by atoms with E-state index < -0.39 is 8.32 Å². The number of esters is 1. The van der Waals surface area contributed by atoms with Crippen LogP contribution in [-0.2, 0) is 14.0 Å². The predicted octanol–water partition coefficient (Wildman–Crippen LogP) is 2.11. The van der Waals surface area contributed by atoms with Crippen LogP contribution in [0.5, 0.6) is 0 Å². The lowest BCUT2D eigenvalue weighted by molar-refractivity contribution is -0.140. The third-order valence-corrected chi connectivity index (χ3v) is 5.78. The highest BCUT2D eigenvalue weighted by Gasteiger charge is 2.20. The summed E-state index contributed by atoms with van der Waals surface area (Å²) in [6, 6.07) is 1.16. The van der Waals surface area contributed by atoms with Gasteiger partial charge in [0.2, 0.25) is 0 Å². The summed E-state index contributed by atoms with van der Waals surface area (Å²) in [5.41, 5.74) is 0. The number of carbonyl (C=O) groups is 1. The number of hydrogen-bond acceptors (Lipinski definition) is 4. The highest BCUT2D eigenvalue weighted by atomic mass is 28.4. The van der Waals surface area contributed by atoms with E-state index in [1.54, 1.807) is 7.11 Å². The van der Waals surface area contributed by atoms with Crippen LogP contribution in [0.25, 0.3) is 0 Å². The van der Waals surface area contributed by atoms with Gasteiger partial charge in [-0.2, -0.15) is 0 Å². The molecule has 0 heterocycles. The maximum absolute atomic E-state index is 11.0. The van der Waals surface area contributed by atoms with Gasteiger partial charge < -0.3 is 14.1 Å². The molecule has 0 aliphatic carbocycles. The Morgan fingerprint density at radius 3 is 2.35 bits per heavy atom. The van der Waals surface area contributed by atoms with Crippen molar-refractivity contribution >= 4 is 14.3 Å². The monoisotopic (exact) mass is 261 g/mol. The van der Waals surface area contributed by atoms with Crippen LogP contribution in [0.1, 0.15) is 19.8 Å². The van der Waals surface area contributed by atoms with Crippen molar-refractivity contribution in [2.75, 3.05) is 33.9 Å². The first-order valence-electron chi connectivity index (χ1n) is 6.29. The number of hydrogen-bond donors (Lipinski definition) is 0. The Morgan fingerprint density at radius 2 is 1.88 bits per heavy atom. The van der Waals surface area contributed by atoms with Crippen molar-refractivity contribution in [1.29, 1.82) is 0 Å². The lowest BCUT2D eigenvalue weighted by Crippen LogP contribution is -2.32. The molecule has 0 fully saturated rings. The highest BCUT2D eigenvalue weighted by molar-refractivity contribution is 6.71. The normalized spacial score (nSPS) is 11.9. The third-order valence-electron chi connectivity index (χ3n) is 3.11. The molecule has 102 valence electrons. The van der Waals surface area contributed by atoms with Crippen LogP contribution in [0.4, 0.5) is 0 Å². The van der Waals surface area contributed by atoms with Crippen LogP contribution in [-0.4, -0.2) is 53.0 Å². The Bertz CT molecular complexity index is 222. The van der Waals surface area contributed by atoms with Gasteiger partial charge in [-0.05, 0) is 38.6 Å². The molecular weight excluding hydrogens is 234 g/mol. The zero-order valence-electron chi connectivity index (χ0n) is 11.9. The molecule has 4 nitrogen and oxygen atoms in total. The van der Waals surface area contributed by atoms with Crippen LogP contribution in [0, 0.1) is 0 Å². The first-order chi connectivity index (χ1) is 7.95. The molecule has 0 aliphatic rings. The Morgan fingerprint density at radius 1 is 1.24 bits per heavy atom. The fraction of sp³-hybridized carbons (Fsp3) is 0.917. The van der Waals surface area contributed by atoms with Crippen molar-refractivity contribution in [1.82, 2.24) is 4.90 Å². The molecule has 0 N–H and O–H groups in total. The molecule has 0 spiro atoms. The topological polar surface area (TPSA) is 38.8 Å². The minimum absolute atomic E-state index is 0.130. The molecule has 0 aromatic rings. The Kier molecular flexibility index (Phi) is 8.46. The van der Waals surface area contributed by atoms with Gasteiger partial charge >= 0.3 is 5.97 Å². The van der Waals surface area contributed by atoms with Crippen molar-refractivity contribution in [2.45, 2.75) is 38.9 Å². The van der Waals surface area contributed by atoms with E-state index in [2.05, 4.69) is 29.7 Å². The third kappa shape index (κ3) is 8.35. The molecule has 0 radical (unpaired) electrons. The molecule has 0 saturated heterocycles. The molecule has 0 aliphatic heterocycles. The number of methoxy groups -OCH3 is 1. The number of rotatable bonds is 9. The quantitative estimate of drug-likeness (QED) is 0.471. The molecule has 5 heteroatoms. The molecule has 0 saturated carbocycles. The van der Waals surface area contributed by atoms with E-state index in [0.29, 0.717) is 6.42 Å². The fourth-order valence-corrected chi connectivity index (χ4v) is 2.82. The van der Waals surface area contributed by atoms with E-state index in [1.807, 2.05) is 0 Å². The minimum Gasteiger partial charge on any atom is -0.469 e. The van der Waals surface area contributed by atoms with Gasteiger partial charge in [0.15, 0.2) is 8.32 Å². The number of carbonyl (C=O) groups excluding carboxylic acids is 1. The van der Waals surface area contributed by atoms with Gasteiger partial charge in [-0.3, -0.25) is 4.79 Å². The molecule has 0 aromatic carbocycles. The maximum Gasteiger partial charge on any atom is 0.306 e. The Balaban J connectivity index is 3.79. The smallest absolute Gasteiger partial charge is 0.306 e. The van der Waals surface area contributed by atoms with Crippen molar-refractivity contribution < 1.29 is 14.0 Å². The maximum atomic E-state index is 11.0. The summed E-state index contributed by atoms with van der Waals surface area (Å²) >= 11 is 0. The summed E-state index contributed by atoms with van der Waals surface area (Å²) in [7, 11) is 1.82. The standard InChI is InChI=1S/C12H27NO3Si/c1-6-13(10-8-12(14)15-2)9-7-11-17(4,5)16-3/h6-11H2,1-5H3. The van der Waals surface area contributed by atoms with E-state index in [9.17, 15) is 4.79 Å². The molecular formula is C12H27NO3Si. The van der Waals surface area contributed by atoms with Gasteiger partial charge in [0, 0.05) is 13.7 Å². The predicted molar refractivity (Wildman–Crippen MR) is 72.7 cm³/mol. The summed E-state index contributed by atoms with van der Waals surface area (Å²) < 4.78 is 10.2. The summed E-state index contributed by atoms with van der Waals surface area (Å²) in [5.74, 6) is -0.130. The highest BCUT2D eigenvalue weighted by Crippen LogP contribution is 2.12. The number of nitrogens with zero attached hydrogens (tertiary/aromatic N) is 1. The van der Waals surface area contributed by atoms with Crippen LogP contribution in [0.2, 0.25) is 19.1 Å². The SMILES string of the molecule is CCN(CCC[Si](C)(C)OC)CCC(=O)OC. The number of ether oxygens (including phenoxy) is 1. The molecule has 0 amide bonds. The van der Waals surface area contributed by atoms with Crippen molar-refractivity contribution in [3.8, 4) is 0 Å². The molecule has 0 rings (SSSR count). The Labute approximate surface area is 106 Å². The second kappa shape index (κ2) is 8.66. The van der Waals surface area contributed by atoms with E-state index in [4.69, 9.17) is 4.43 Å². The van der Waals surface area contributed by atoms with Gasteiger partial charge in [0.25, 0.3) is 0 Å². The average Bonchev–Trinajstić information content (AvgIpc) is 2.32. The van der Waals surface area contributed by atoms with Crippen LogP contribution in [0.15, 0.2) is 0 Å². The summed E-state index contributed by atoms with van der Waals surface area (Å²) in [4.78, 5) is 13.3. The molecule has 0 bridgehead atoms. The van der Waals surface area contributed by atoms with Gasteiger partial charge in [-0.25, -0.2) is 0 Å². The lowest BCUT2D eigenvalue weighted by Gasteiger charge is -2.23. The van der Waals surface area contributed by atoms with Gasteiger partial charge in [0.05, 0.1) is 13.5 Å². The second-order valence-corrected chi connectivity index (χ2v) is 9.26. The second-order valence-electron chi connectivity index (χ2n) is 4.83. The summed E-state index contributed by atoms with van der Waals surface area (Å²) in [5, 5.41) is 0. The fourth-order valence-electron chi connectivity index (χ4n) is 1.61. The zero-order chi connectivity index (χ0) is 13.3.